The number of amides is 1. The maximum atomic E-state index is 12.7. The smallest absolute Gasteiger partial charge is 0.261 e. The molecule has 3 aromatic carbocycles. The van der Waals surface area contributed by atoms with E-state index in [0.29, 0.717) is 16.3 Å². The number of hydrogen-bond donors (Lipinski definition) is 2. The van der Waals surface area contributed by atoms with E-state index in [1.165, 1.54) is 30.3 Å². The Kier molecular flexibility index (Phi) is 6.48. The highest BCUT2D eigenvalue weighted by Crippen LogP contribution is 2.21. The van der Waals surface area contributed by atoms with Crippen molar-refractivity contribution in [3.63, 3.8) is 0 Å². The molecule has 0 aromatic heterocycles. The van der Waals surface area contributed by atoms with Gasteiger partial charge in [-0.3, -0.25) is 9.52 Å². The fraction of sp³-hybridized carbons (Fsp3) is 0.174. The van der Waals surface area contributed by atoms with Crippen LogP contribution in [0.1, 0.15) is 40.0 Å². The molecule has 0 saturated heterocycles. The van der Waals surface area contributed by atoms with Crippen LogP contribution in [-0.2, 0) is 10.0 Å². The molecule has 1 atom stereocenters. The molecular weight excluding hydrogens is 420 g/mol. The van der Waals surface area contributed by atoms with Crippen molar-refractivity contribution in [1.82, 2.24) is 5.32 Å². The van der Waals surface area contributed by atoms with Gasteiger partial charge >= 0.3 is 0 Å². The van der Waals surface area contributed by atoms with Gasteiger partial charge in [0, 0.05) is 16.3 Å². The number of anilines is 1. The Morgan fingerprint density at radius 3 is 2.33 bits per heavy atom. The van der Waals surface area contributed by atoms with Crippen LogP contribution >= 0.6 is 11.6 Å². The minimum Gasteiger partial charge on any atom is -0.346 e. The first-order valence-electron chi connectivity index (χ1n) is 9.42. The van der Waals surface area contributed by atoms with Crippen LogP contribution < -0.4 is 10.0 Å². The van der Waals surface area contributed by atoms with Crippen molar-refractivity contribution < 1.29 is 13.2 Å². The lowest BCUT2D eigenvalue weighted by molar-refractivity contribution is 0.0940. The largest absolute Gasteiger partial charge is 0.346 e. The molecule has 0 aliphatic heterocycles. The van der Waals surface area contributed by atoms with Gasteiger partial charge in [-0.1, -0.05) is 41.4 Å². The number of carbonyl (C=O) groups excluding carboxylic acids is 1. The second-order valence-corrected chi connectivity index (χ2v) is 9.31. The molecule has 1 amide bonds. The van der Waals surface area contributed by atoms with Gasteiger partial charge in [-0.2, -0.15) is 0 Å². The third-order valence-electron chi connectivity index (χ3n) is 4.74. The normalized spacial score (nSPS) is 12.3. The number of benzene rings is 3. The van der Waals surface area contributed by atoms with E-state index in [1.54, 1.807) is 18.2 Å². The molecule has 7 heteroatoms. The molecule has 0 unspecified atom stereocenters. The maximum Gasteiger partial charge on any atom is 0.261 e. The quantitative estimate of drug-likeness (QED) is 0.547. The van der Waals surface area contributed by atoms with E-state index >= 15 is 0 Å². The van der Waals surface area contributed by atoms with Crippen LogP contribution in [0.5, 0.6) is 0 Å². The molecule has 3 aromatic rings. The zero-order valence-corrected chi connectivity index (χ0v) is 18.5. The lowest BCUT2D eigenvalue weighted by atomic mass is 10.00. The van der Waals surface area contributed by atoms with Crippen molar-refractivity contribution >= 4 is 33.2 Å². The fourth-order valence-electron chi connectivity index (χ4n) is 3.22. The molecule has 0 aliphatic carbocycles. The lowest BCUT2D eigenvalue weighted by Gasteiger charge is -2.17. The fourth-order valence-corrected chi connectivity index (χ4v) is 4.40. The van der Waals surface area contributed by atoms with Crippen molar-refractivity contribution in [1.29, 1.82) is 0 Å². The summed E-state index contributed by atoms with van der Waals surface area (Å²) >= 11 is 5.82. The minimum absolute atomic E-state index is 0.0882. The molecule has 0 spiro atoms. The highest BCUT2D eigenvalue weighted by Gasteiger charge is 2.17. The molecule has 0 fully saturated rings. The second kappa shape index (κ2) is 8.90. The van der Waals surface area contributed by atoms with E-state index in [-0.39, 0.29) is 16.8 Å². The first kappa shape index (κ1) is 21.9. The molecule has 3 rings (SSSR count). The highest BCUT2D eigenvalue weighted by atomic mass is 35.5. The lowest BCUT2D eigenvalue weighted by Crippen LogP contribution is -2.27. The number of sulfonamides is 1. The Hall–Kier alpha value is -2.83. The van der Waals surface area contributed by atoms with E-state index in [1.807, 2.05) is 32.9 Å². The number of halogens is 1. The van der Waals surface area contributed by atoms with Crippen LogP contribution in [0.25, 0.3) is 0 Å². The predicted molar refractivity (Wildman–Crippen MR) is 120 cm³/mol. The zero-order chi connectivity index (χ0) is 21.9. The van der Waals surface area contributed by atoms with Crippen LogP contribution in [0.15, 0.2) is 71.6 Å². The monoisotopic (exact) mass is 442 g/mol. The Labute approximate surface area is 182 Å². The summed E-state index contributed by atoms with van der Waals surface area (Å²) in [5.41, 5.74) is 3.97. The average molecular weight is 443 g/mol. The van der Waals surface area contributed by atoms with Gasteiger partial charge in [0.2, 0.25) is 0 Å². The minimum atomic E-state index is -3.79. The SMILES string of the molecule is Cc1ccc([C@@H](C)NC(=O)c2cccc(NS(=O)(=O)c3ccc(Cl)cc3)c2)c(C)c1. The Bertz CT molecular complexity index is 1180. The molecule has 0 saturated carbocycles. The van der Waals surface area contributed by atoms with Crippen LogP contribution in [-0.4, -0.2) is 14.3 Å². The summed E-state index contributed by atoms with van der Waals surface area (Å²) in [4.78, 5) is 12.8. The summed E-state index contributed by atoms with van der Waals surface area (Å²) in [5.74, 6) is -0.282. The molecule has 0 bridgehead atoms. The van der Waals surface area contributed by atoms with Crippen LogP contribution in [0.3, 0.4) is 0 Å². The summed E-state index contributed by atoms with van der Waals surface area (Å²) in [6.07, 6.45) is 0. The van der Waals surface area contributed by atoms with Gasteiger partial charge in [0.1, 0.15) is 0 Å². The van der Waals surface area contributed by atoms with E-state index in [2.05, 4.69) is 16.1 Å². The Morgan fingerprint density at radius 2 is 1.67 bits per heavy atom. The van der Waals surface area contributed by atoms with Crippen molar-refractivity contribution in [2.24, 2.45) is 0 Å². The van der Waals surface area contributed by atoms with Gasteiger partial charge in [-0.05, 0) is 74.4 Å². The Morgan fingerprint density at radius 1 is 0.967 bits per heavy atom. The van der Waals surface area contributed by atoms with Gasteiger partial charge in [0.25, 0.3) is 15.9 Å². The first-order chi connectivity index (χ1) is 14.2. The number of rotatable bonds is 6. The summed E-state index contributed by atoms with van der Waals surface area (Å²) in [5, 5.41) is 3.42. The van der Waals surface area contributed by atoms with Gasteiger partial charge in [-0.25, -0.2) is 8.42 Å². The number of nitrogens with one attached hydrogen (secondary N) is 2. The highest BCUT2D eigenvalue weighted by molar-refractivity contribution is 7.92. The van der Waals surface area contributed by atoms with Crippen molar-refractivity contribution in [3.05, 3.63) is 94.0 Å². The van der Waals surface area contributed by atoms with Gasteiger partial charge in [0.15, 0.2) is 0 Å². The predicted octanol–water partition coefficient (Wildman–Crippen LogP) is 5.25. The average Bonchev–Trinajstić information content (AvgIpc) is 2.68. The van der Waals surface area contributed by atoms with E-state index in [4.69, 9.17) is 11.6 Å². The van der Waals surface area contributed by atoms with Gasteiger partial charge in [-0.15, -0.1) is 0 Å². The molecule has 0 radical (unpaired) electrons. The topological polar surface area (TPSA) is 75.3 Å². The van der Waals surface area contributed by atoms with Crippen LogP contribution in [0.2, 0.25) is 5.02 Å². The summed E-state index contributed by atoms with van der Waals surface area (Å²) < 4.78 is 27.6. The van der Waals surface area contributed by atoms with Crippen molar-refractivity contribution in [2.45, 2.75) is 31.7 Å². The third-order valence-corrected chi connectivity index (χ3v) is 6.39. The van der Waals surface area contributed by atoms with Crippen LogP contribution in [0.4, 0.5) is 5.69 Å². The number of carbonyl (C=O) groups is 1. The summed E-state index contributed by atoms with van der Waals surface area (Å²) in [6.45, 7) is 5.95. The Balaban J connectivity index is 1.76. The first-order valence-corrected chi connectivity index (χ1v) is 11.3. The maximum absolute atomic E-state index is 12.7. The third kappa shape index (κ3) is 5.20. The molecule has 30 heavy (non-hydrogen) atoms. The zero-order valence-electron chi connectivity index (χ0n) is 16.9. The van der Waals surface area contributed by atoms with Gasteiger partial charge in [0.05, 0.1) is 10.9 Å². The summed E-state index contributed by atoms with van der Waals surface area (Å²) in [6, 6.07) is 18.2. The van der Waals surface area contributed by atoms with Crippen molar-refractivity contribution in [3.8, 4) is 0 Å². The number of aryl methyl sites for hydroxylation is 2. The number of hydrogen-bond acceptors (Lipinski definition) is 3. The molecule has 5 nitrogen and oxygen atoms in total. The standard InChI is InChI=1S/C23H23ClN2O3S/c1-15-7-12-22(16(2)13-15)17(3)25-23(27)18-5-4-6-20(14-18)26-30(28,29)21-10-8-19(24)9-11-21/h4-14,17,26H,1-3H3,(H,25,27)/t17-/m1/s1. The molecule has 156 valence electrons. The molecule has 2 N–H and O–H groups in total. The van der Waals surface area contributed by atoms with Crippen LogP contribution in [0, 0.1) is 13.8 Å². The van der Waals surface area contributed by atoms with Gasteiger partial charge < -0.3 is 5.32 Å². The summed E-state index contributed by atoms with van der Waals surface area (Å²) in [7, 11) is -3.79. The second-order valence-electron chi connectivity index (χ2n) is 7.20. The van der Waals surface area contributed by atoms with E-state index in [9.17, 15) is 13.2 Å². The molecular formula is C23H23ClN2O3S. The molecule has 0 heterocycles. The molecule has 0 aliphatic rings. The van der Waals surface area contributed by atoms with Crippen molar-refractivity contribution in [2.75, 3.05) is 4.72 Å². The van der Waals surface area contributed by atoms with E-state index < -0.39 is 10.0 Å². The van der Waals surface area contributed by atoms with E-state index in [0.717, 1.165) is 16.7 Å².